The maximum absolute atomic E-state index is 9.76. The number of hydrogen-bond donors (Lipinski definition) is 7. The molecule has 0 radical (unpaired) electrons. The number of phenolic OH excluding ortho intramolecular Hbond substituents is 3. The molecule has 9 nitrogen and oxygen atoms in total. The van der Waals surface area contributed by atoms with Gasteiger partial charge < -0.3 is 46.9 Å². The molecule has 0 saturated carbocycles. The Bertz CT molecular complexity index is 1310. The van der Waals surface area contributed by atoms with Crippen LogP contribution in [-0.4, -0.2) is 29.5 Å². The van der Waals surface area contributed by atoms with E-state index in [9.17, 15) is 10.2 Å². The van der Waals surface area contributed by atoms with E-state index in [1.54, 1.807) is 74.9 Å². The third-order valence-corrected chi connectivity index (χ3v) is 5.42. The Kier molecular flexibility index (Phi) is 9.15. The fraction of sp³-hybridized carbons (Fsp3) is 0.143. The van der Waals surface area contributed by atoms with E-state index in [-0.39, 0.29) is 17.2 Å². The van der Waals surface area contributed by atoms with Crippen LogP contribution in [0.4, 0.5) is 22.7 Å². The summed E-state index contributed by atoms with van der Waals surface area (Å²) < 4.78 is 10.4. The first kappa shape index (κ1) is 26.7. The van der Waals surface area contributed by atoms with Crippen molar-refractivity contribution in [3.8, 4) is 28.7 Å². The largest absolute Gasteiger partial charge is 0.508 e. The number of phenols is 3. The number of nitrogens with two attached hydrogens (primary N) is 2. The molecule has 0 heterocycles. The smallest absolute Gasteiger partial charge is 0.162 e. The lowest BCUT2D eigenvalue weighted by Gasteiger charge is -2.12. The second-order valence-corrected chi connectivity index (χ2v) is 8.10. The van der Waals surface area contributed by atoms with Crippen molar-refractivity contribution in [3.63, 3.8) is 0 Å². The molecular weight excluding hydrogens is 472 g/mol. The van der Waals surface area contributed by atoms with Gasteiger partial charge >= 0.3 is 0 Å². The Morgan fingerprint density at radius 2 is 1.08 bits per heavy atom. The first-order valence-corrected chi connectivity index (χ1v) is 11.4. The fourth-order valence-electron chi connectivity index (χ4n) is 3.41. The van der Waals surface area contributed by atoms with Gasteiger partial charge in [0, 0.05) is 53.0 Å². The molecule has 0 amide bonds. The second-order valence-electron chi connectivity index (χ2n) is 8.10. The van der Waals surface area contributed by atoms with Crippen molar-refractivity contribution in [2.24, 2.45) is 0 Å². The van der Waals surface area contributed by atoms with Gasteiger partial charge in [0.05, 0.1) is 14.2 Å². The van der Waals surface area contributed by atoms with Gasteiger partial charge in [0.1, 0.15) is 17.2 Å². The van der Waals surface area contributed by atoms with Gasteiger partial charge in [-0.25, -0.2) is 0 Å². The zero-order valence-electron chi connectivity index (χ0n) is 20.7. The third kappa shape index (κ3) is 7.79. The Labute approximate surface area is 215 Å². The van der Waals surface area contributed by atoms with Gasteiger partial charge in [0.25, 0.3) is 0 Å². The number of hydrogen-bond acceptors (Lipinski definition) is 9. The molecular formula is C28H32N4O5. The van der Waals surface area contributed by atoms with Crippen molar-refractivity contribution >= 4 is 22.7 Å². The molecule has 9 N–H and O–H groups in total. The SMILES string of the molecule is COc1ccc(NCc2cc(N)ccc2O)cc1OC.Nc1ccc(O)c(CNc2ccc(O)cc2)c1. The summed E-state index contributed by atoms with van der Waals surface area (Å²) in [5.74, 6) is 1.97. The minimum Gasteiger partial charge on any atom is -0.508 e. The van der Waals surface area contributed by atoms with Gasteiger partial charge in [0.15, 0.2) is 11.5 Å². The molecule has 4 aromatic rings. The number of rotatable bonds is 8. The van der Waals surface area contributed by atoms with Crippen LogP contribution >= 0.6 is 0 Å². The summed E-state index contributed by atoms with van der Waals surface area (Å²) in [6.07, 6.45) is 0. The van der Waals surface area contributed by atoms with Crippen molar-refractivity contribution < 1.29 is 24.8 Å². The van der Waals surface area contributed by atoms with Crippen LogP contribution in [0.1, 0.15) is 11.1 Å². The van der Waals surface area contributed by atoms with E-state index in [2.05, 4.69) is 10.6 Å². The molecule has 0 atom stereocenters. The Balaban J connectivity index is 0.000000208. The third-order valence-electron chi connectivity index (χ3n) is 5.42. The number of methoxy groups -OCH3 is 2. The summed E-state index contributed by atoms with van der Waals surface area (Å²) >= 11 is 0. The Morgan fingerprint density at radius 1 is 0.595 bits per heavy atom. The van der Waals surface area contributed by atoms with Crippen molar-refractivity contribution in [1.82, 2.24) is 0 Å². The van der Waals surface area contributed by atoms with E-state index in [4.69, 9.17) is 26.0 Å². The number of anilines is 4. The molecule has 0 fully saturated rings. The van der Waals surface area contributed by atoms with E-state index in [0.717, 1.165) is 22.5 Å². The molecule has 194 valence electrons. The molecule has 0 aliphatic heterocycles. The van der Waals surface area contributed by atoms with Crippen molar-refractivity contribution in [3.05, 3.63) is 90.0 Å². The number of nitrogens with one attached hydrogen (secondary N) is 2. The van der Waals surface area contributed by atoms with E-state index in [0.29, 0.717) is 36.0 Å². The van der Waals surface area contributed by atoms with Crippen LogP contribution in [0, 0.1) is 0 Å². The highest BCUT2D eigenvalue weighted by Gasteiger charge is 2.06. The van der Waals surface area contributed by atoms with Crippen LogP contribution in [0.15, 0.2) is 78.9 Å². The molecule has 0 unspecified atom stereocenters. The van der Waals surface area contributed by atoms with E-state index < -0.39 is 0 Å². The number of ether oxygens (including phenoxy) is 2. The molecule has 37 heavy (non-hydrogen) atoms. The maximum atomic E-state index is 9.76. The van der Waals surface area contributed by atoms with Gasteiger partial charge in [-0.05, 0) is 72.8 Å². The molecule has 0 aliphatic carbocycles. The van der Waals surface area contributed by atoms with Crippen LogP contribution in [0.5, 0.6) is 28.7 Å². The number of aromatic hydroxyl groups is 3. The summed E-state index contributed by atoms with van der Waals surface area (Å²) in [4.78, 5) is 0. The molecule has 9 heteroatoms. The Morgan fingerprint density at radius 3 is 1.59 bits per heavy atom. The van der Waals surface area contributed by atoms with E-state index in [1.165, 1.54) is 0 Å². The standard InChI is InChI=1S/C15H18N2O3.C13H14N2O2/c1-19-14-6-4-12(8-15(14)20-2)17-9-10-7-11(16)3-5-13(10)18;14-10-1-6-13(17)9(7-10)8-15-11-2-4-12(16)5-3-11/h3-8,17-18H,9,16H2,1-2H3;1-7,15-17H,8,14H2. The summed E-state index contributed by atoms with van der Waals surface area (Å²) in [5.41, 5.74) is 15.8. The zero-order chi connectivity index (χ0) is 26.8. The van der Waals surface area contributed by atoms with Gasteiger partial charge in [-0.2, -0.15) is 0 Å². The topological polar surface area (TPSA) is 155 Å². The molecule has 4 rings (SSSR count). The molecule has 0 saturated heterocycles. The summed E-state index contributed by atoms with van der Waals surface area (Å²) in [6.45, 7) is 0.938. The predicted molar refractivity (Wildman–Crippen MR) is 147 cm³/mol. The predicted octanol–water partition coefficient (Wildman–Crippen LogP) is 4.90. The summed E-state index contributed by atoms with van der Waals surface area (Å²) in [6, 6.07) is 22.2. The highest BCUT2D eigenvalue weighted by Crippen LogP contribution is 2.30. The minimum atomic E-state index is 0.213. The van der Waals surface area contributed by atoms with E-state index >= 15 is 0 Å². The molecule has 0 spiro atoms. The zero-order valence-corrected chi connectivity index (χ0v) is 20.7. The molecule has 0 bridgehead atoms. The highest BCUT2D eigenvalue weighted by atomic mass is 16.5. The Hall–Kier alpha value is -4.92. The monoisotopic (exact) mass is 504 g/mol. The fourth-order valence-corrected chi connectivity index (χ4v) is 3.41. The van der Waals surface area contributed by atoms with Crippen molar-refractivity contribution in [2.75, 3.05) is 36.3 Å². The van der Waals surface area contributed by atoms with Crippen LogP contribution in [0.2, 0.25) is 0 Å². The molecule has 0 aliphatic rings. The van der Waals surface area contributed by atoms with Crippen LogP contribution in [0.3, 0.4) is 0 Å². The quantitative estimate of drug-likeness (QED) is 0.131. The van der Waals surface area contributed by atoms with Gasteiger partial charge in [0.2, 0.25) is 0 Å². The molecule has 4 aromatic carbocycles. The van der Waals surface area contributed by atoms with Crippen LogP contribution < -0.4 is 31.6 Å². The van der Waals surface area contributed by atoms with Crippen molar-refractivity contribution in [2.45, 2.75) is 13.1 Å². The summed E-state index contributed by atoms with van der Waals surface area (Å²) in [5, 5.41) is 34.8. The maximum Gasteiger partial charge on any atom is 0.162 e. The van der Waals surface area contributed by atoms with Crippen molar-refractivity contribution in [1.29, 1.82) is 0 Å². The number of nitrogen functional groups attached to an aromatic ring is 2. The first-order valence-electron chi connectivity index (χ1n) is 11.4. The van der Waals surface area contributed by atoms with Gasteiger partial charge in [-0.3, -0.25) is 0 Å². The lowest BCUT2D eigenvalue weighted by atomic mass is 10.1. The van der Waals surface area contributed by atoms with E-state index in [1.807, 2.05) is 18.2 Å². The summed E-state index contributed by atoms with van der Waals surface area (Å²) in [7, 11) is 3.18. The highest BCUT2D eigenvalue weighted by molar-refractivity contribution is 5.56. The lowest BCUT2D eigenvalue weighted by molar-refractivity contribution is 0.355. The minimum absolute atomic E-state index is 0.213. The first-order chi connectivity index (χ1) is 17.8. The molecule has 0 aromatic heterocycles. The van der Waals surface area contributed by atoms with Gasteiger partial charge in [-0.15, -0.1) is 0 Å². The average molecular weight is 505 g/mol. The average Bonchev–Trinajstić information content (AvgIpc) is 2.90. The number of benzene rings is 4. The second kappa shape index (κ2) is 12.7. The van der Waals surface area contributed by atoms with Crippen LogP contribution in [-0.2, 0) is 13.1 Å². The van der Waals surface area contributed by atoms with Crippen LogP contribution in [0.25, 0.3) is 0 Å². The van der Waals surface area contributed by atoms with Gasteiger partial charge in [-0.1, -0.05) is 0 Å². The lowest BCUT2D eigenvalue weighted by Crippen LogP contribution is -2.01. The normalized spacial score (nSPS) is 10.1.